The van der Waals surface area contributed by atoms with Gasteiger partial charge < -0.3 is 4.74 Å². The van der Waals surface area contributed by atoms with Crippen LogP contribution in [0.2, 0.25) is 0 Å². The van der Waals surface area contributed by atoms with Gasteiger partial charge in [-0.1, -0.05) is 44.6 Å². The van der Waals surface area contributed by atoms with E-state index < -0.39 is 0 Å². The van der Waals surface area contributed by atoms with Crippen molar-refractivity contribution in [2.45, 2.75) is 65.6 Å². The lowest BCUT2D eigenvalue weighted by Crippen LogP contribution is -2.23. The van der Waals surface area contributed by atoms with Gasteiger partial charge in [-0.25, -0.2) is 0 Å². The van der Waals surface area contributed by atoms with E-state index in [2.05, 4.69) is 53.3 Å². The summed E-state index contributed by atoms with van der Waals surface area (Å²) < 4.78 is 5.55. The lowest BCUT2D eigenvalue weighted by atomic mass is 9.70. The van der Waals surface area contributed by atoms with Gasteiger partial charge in [-0.15, -0.1) is 6.58 Å². The predicted octanol–water partition coefficient (Wildman–Crippen LogP) is 4.62. The van der Waals surface area contributed by atoms with Crippen molar-refractivity contribution in [1.82, 2.24) is 0 Å². The third-order valence-corrected chi connectivity index (χ3v) is 4.91. The summed E-state index contributed by atoms with van der Waals surface area (Å²) in [5.74, 6) is 0.667. The molecule has 2 rings (SSSR count). The molecule has 1 unspecified atom stereocenters. The first-order valence-corrected chi connectivity index (χ1v) is 7.96. The van der Waals surface area contributed by atoms with E-state index in [1.807, 2.05) is 6.08 Å². The molecule has 2 aliphatic rings. The Labute approximate surface area is 129 Å². The van der Waals surface area contributed by atoms with E-state index in [0.717, 1.165) is 18.4 Å². The minimum Gasteiger partial charge on any atom is -0.367 e. The molecule has 0 N–H and O–H groups in total. The first-order chi connectivity index (χ1) is 9.69. The zero-order valence-corrected chi connectivity index (χ0v) is 14.0. The summed E-state index contributed by atoms with van der Waals surface area (Å²) >= 11 is 0. The molecule has 1 fully saturated rings. The SMILES string of the molecule is C=C[C@@]1(C)CC=C(C(=O)CCC2OC2(C)C)C=C1C(C)C. The Bertz CT molecular complexity index is 508. The number of hydrogen-bond acceptors (Lipinski definition) is 2. The number of carbonyl (C=O) groups is 1. The van der Waals surface area contributed by atoms with Crippen LogP contribution in [-0.4, -0.2) is 17.5 Å². The molecule has 1 aliphatic heterocycles. The Balaban J connectivity index is 2.03. The highest BCUT2D eigenvalue weighted by Gasteiger charge is 2.47. The number of carbonyl (C=O) groups excluding carboxylic acids is 1. The van der Waals surface area contributed by atoms with Crippen molar-refractivity contribution in [2.24, 2.45) is 11.3 Å². The van der Waals surface area contributed by atoms with Crippen LogP contribution in [-0.2, 0) is 9.53 Å². The van der Waals surface area contributed by atoms with Crippen LogP contribution < -0.4 is 0 Å². The van der Waals surface area contributed by atoms with Crippen molar-refractivity contribution in [3.05, 3.63) is 36.0 Å². The molecule has 2 atom stereocenters. The molecule has 0 radical (unpaired) electrons. The molecule has 0 amide bonds. The minimum absolute atomic E-state index is 0.0143. The van der Waals surface area contributed by atoms with Crippen molar-refractivity contribution >= 4 is 5.78 Å². The lowest BCUT2D eigenvalue weighted by Gasteiger charge is -2.34. The quantitative estimate of drug-likeness (QED) is 0.527. The molecular formula is C19H28O2. The molecule has 0 spiro atoms. The molecule has 0 bridgehead atoms. The predicted molar refractivity (Wildman–Crippen MR) is 87.1 cm³/mol. The molecule has 1 aliphatic carbocycles. The van der Waals surface area contributed by atoms with Gasteiger partial charge in [0.25, 0.3) is 0 Å². The van der Waals surface area contributed by atoms with E-state index in [-0.39, 0.29) is 22.9 Å². The molecule has 0 aromatic heterocycles. The summed E-state index contributed by atoms with van der Waals surface area (Å²) in [6, 6.07) is 0. The zero-order valence-electron chi connectivity index (χ0n) is 14.0. The van der Waals surface area contributed by atoms with Crippen LogP contribution in [0.3, 0.4) is 0 Å². The normalized spacial score (nSPS) is 30.7. The molecule has 2 heteroatoms. The van der Waals surface area contributed by atoms with Crippen LogP contribution >= 0.6 is 0 Å². The largest absolute Gasteiger partial charge is 0.367 e. The molecule has 21 heavy (non-hydrogen) atoms. The number of rotatable bonds is 6. The van der Waals surface area contributed by atoms with Crippen molar-refractivity contribution in [2.75, 3.05) is 0 Å². The highest BCUT2D eigenvalue weighted by molar-refractivity contribution is 5.98. The standard InChI is InChI=1S/C19H28O2/c1-7-19(6)11-10-14(12-15(19)13(2)3)16(20)8-9-17-18(4,5)21-17/h7,10,12-13,17H,1,8-9,11H2,2-6H3/t17?,19-/m0/s1. The molecule has 0 aromatic rings. The van der Waals surface area contributed by atoms with Crippen LogP contribution in [0.15, 0.2) is 36.0 Å². The van der Waals surface area contributed by atoms with Gasteiger partial charge in [0.2, 0.25) is 0 Å². The first-order valence-electron chi connectivity index (χ1n) is 7.96. The Hall–Kier alpha value is -1.15. The van der Waals surface area contributed by atoms with Crippen molar-refractivity contribution in [3.63, 3.8) is 0 Å². The van der Waals surface area contributed by atoms with Gasteiger partial charge in [-0.3, -0.25) is 4.79 Å². The monoisotopic (exact) mass is 288 g/mol. The summed E-state index contributed by atoms with van der Waals surface area (Å²) in [6.45, 7) is 14.7. The number of ketones is 1. The molecule has 116 valence electrons. The molecular weight excluding hydrogens is 260 g/mol. The van der Waals surface area contributed by atoms with Gasteiger partial charge in [0.15, 0.2) is 5.78 Å². The van der Waals surface area contributed by atoms with Crippen LogP contribution in [0.4, 0.5) is 0 Å². The van der Waals surface area contributed by atoms with Crippen LogP contribution in [0.5, 0.6) is 0 Å². The number of Topliss-reactive ketones (excluding diaryl/α,β-unsaturated/α-hetero) is 1. The van der Waals surface area contributed by atoms with Gasteiger partial charge in [0, 0.05) is 17.4 Å². The first kappa shape index (κ1) is 16.2. The summed E-state index contributed by atoms with van der Waals surface area (Å²) in [7, 11) is 0. The Morgan fingerprint density at radius 3 is 2.57 bits per heavy atom. The van der Waals surface area contributed by atoms with Crippen molar-refractivity contribution in [1.29, 1.82) is 0 Å². The molecule has 1 heterocycles. The molecule has 0 aromatic carbocycles. The highest BCUT2D eigenvalue weighted by Crippen LogP contribution is 2.42. The van der Waals surface area contributed by atoms with E-state index in [1.165, 1.54) is 5.57 Å². The smallest absolute Gasteiger partial charge is 0.162 e. The lowest BCUT2D eigenvalue weighted by molar-refractivity contribution is -0.115. The maximum Gasteiger partial charge on any atom is 0.162 e. The van der Waals surface area contributed by atoms with Gasteiger partial charge in [0.1, 0.15) is 0 Å². The number of allylic oxidation sites excluding steroid dienone is 5. The summed E-state index contributed by atoms with van der Waals surface area (Å²) in [5, 5.41) is 0. The highest BCUT2D eigenvalue weighted by atomic mass is 16.6. The Morgan fingerprint density at radius 2 is 2.10 bits per heavy atom. The minimum atomic E-state index is -0.0262. The van der Waals surface area contributed by atoms with E-state index in [0.29, 0.717) is 12.3 Å². The zero-order chi connectivity index (χ0) is 15.8. The maximum absolute atomic E-state index is 12.4. The molecule has 0 saturated carbocycles. The second-order valence-corrected chi connectivity index (χ2v) is 7.41. The summed E-state index contributed by atoms with van der Waals surface area (Å²) in [4.78, 5) is 12.4. The second kappa shape index (κ2) is 5.57. The van der Waals surface area contributed by atoms with Crippen molar-refractivity contribution in [3.8, 4) is 0 Å². The number of ether oxygens (including phenoxy) is 1. The van der Waals surface area contributed by atoms with E-state index in [9.17, 15) is 4.79 Å². The summed E-state index contributed by atoms with van der Waals surface area (Å²) in [6.07, 6.45) is 8.70. The van der Waals surface area contributed by atoms with Gasteiger partial charge >= 0.3 is 0 Å². The van der Waals surface area contributed by atoms with E-state index >= 15 is 0 Å². The van der Waals surface area contributed by atoms with E-state index in [4.69, 9.17) is 4.74 Å². The number of epoxide rings is 1. The Morgan fingerprint density at radius 1 is 1.48 bits per heavy atom. The Kier molecular flexibility index (Phi) is 4.30. The van der Waals surface area contributed by atoms with Crippen LogP contribution in [0, 0.1) is 11.3 Å². The second-order valence-electron chi connectivity index (χ2n) is 7.41. The van der Waals surface area contributed by atoms with Gasteiger partial charge in [-0.2, -0.15) is 0 Å². The molecule has 1 saturated heterocycles. The van der Waals surface area contributed by atoms with Crippen LogP contribution in [0.1, 0.15) is 53.9 Å². The number of hydrogen-bond donors (Lipinski definition) is 0. The average Bonchev–Trinajstić information content (AvgIpc) is 3.03. The molecule has 2 nitrogen and oxygen atoms in total. The fraction of sp³-hybridized carbons (Fsp3) is 0.632. The fourth-order valence-corrected chi connectivity index (χ4v) is 3.20. The fourth-order valence-electron chi connectivity index (χ4n) is 3.20. The van der Waals surface area contributed by atoms with Gasteiger partial charge in [-0.05, 0) is 32.6 Å². The van der Waals surface area contributed by atoms with Crippen molar-refractivity contribution < 1.29 is 9.53 Å². The summed E-state index contributed by atoms with van der Waals surface area (Å²) in [5.41, 5.74) is 2.14. The van der Waals surface area contributed by atoms with Gasteiger partial charge in [0.05, 0.1) is 11.7 Å². The maximum atomic E-state index is 12.4. The third kappa shape index (κ3) is 3.37. The topological polar surface area (TPSA) is 29.6 Å². The average molecular weight is 288 g/mol. The van der Waals surface area contributed by atoms with E-state index in [1.54, 1.807) is 0 Å². The third-order valence-electron chi connectivity index (χ3n) is 4.91. The van der Waals surface area contributed by atoms with Crippen LogP contribution in [0.25, 0.3) is 0 Å².